The lowest BCUT2D eigenvalue weighted by atomic mass is 9.68. The van der Waals surface area contributed by atoms with E-state index < -0.39 is 11.0 Å². The van der Waals surface area contributed by atoms with Crippen molar-refractivity contribution in [3.8, 4) is 0 Å². The molecule has 0 spiro atoms. The van der Waals surface area contributed by atoms with E-state index in [4.69, 9.17) is 5.73 Å². The van der Waals surface area contributed by atoms with Gasteiger partial charge in [-0.1, -0.05) is 12.1 Å². The van der Waals surface area contributed by atoms with Gasteiger partial charge in [-0.05, 0) is 61.4 Å². The molecule has 0 bridgehead atoms. The lowest BCUT2D eigenvalue weighted by molar-refractivity contribution is -0.140. The third-order valence-electron chi connectivity index (χ3n) is 6.00. The largest absolute Gasteiger partial charge is 0.369 e. The zero-order valence-electron chi connectivity index (χ0n) is 17.3. The lowest BCUT2D eigenvalue weighted by Gasteiger charge is -2.46. The van der Waals surface area contributed by atoms with Crippen molar-refractivity contribution in [2.75, 3.05) is 12.4 Å². The van der Waals surface area contributed by atoms with Crippen LogP contribution in [0.4, 0.5) is 5.69 Å². The number of benzene rings is 1. The summed E-state index contributed by atoms with van der Waals surface area (Å²) >= 11 is 1.48. The van der Waals surface area contributed by atoms with Crippen LogP contribution in [0.1, 0.15) is 36.8 Å². The Balaban J connectivity index is 1.70. The first-order valence-electron chi connectivity index (χ1n) is 9.53. The van der Waals surface area contributed by atoms with Crippen molar-refractivity contribution >= 4 is 44.9 Å². The Kier molecular flexibility index (Phi) is 4.62. The first kappa shape index (κ1) is 20.0. The molecule has 8 heteroatoms. The van der Waals surface area contributed by atoms with E-state index in [1.54, 1.807) is 19.3 Å². The minimum absolute atomic E-state index is 0.111. The van der Waals surface area contributed by atoms with Crippen LogP contribution < -0.4 is 11.1 Å². The molecule has 0 unspecified atom stereocenters. The van der Waals surface area contributed by atoms with Gasteiger partial charge < -0.3 is 11.1 Å². The molecule has 3 aromatic rings. The standard InChI is InChI=1S/C22H23N5O2S/c1-21(2)19(29)27(4)20(23)26-22(21,3)14-6-5-7-15(12-14)25-18(28)16-17-13(8-10-24-16)9-11-30-17/h5-12H,1-4H3,(H2,23,26)(H,25,28)/t22-/m1/s1. The van der Waals surface area contributed by atoms with Crippen LogP contribution in [0.2, 0.25) is 0 Å². The molecule has 4 rings (SSSR count). The zero-order valence-corrected chi connectivity index (χ0v) is 18.1. The maximum Gasteiger partial charge on any atom is 0.275 e. The number of nitrogens with zero attached hydrogens (tertiary/aromatic N) is 3. The van der Waals surface area contributed by atoms with Crippen LogP contribution in [-0.2, 0) is 10.3 Å². The van der Waals surface area contributed by atoms with Gasteiger partial charge in [0.25, 0.3) is 5.91 Å². The van der Waals surface area contributed by atoms with E-state index in [1.807, 2.05) is 56.5 Å². The molecule has 0 saturated heterocycles. The van der Waals surface area contributed by atoms with Crippen LogP contribution in [0.15, 0.2) is 53.0 Å². The quantitative estimate of drug-likeness (QED) is 0.675. The van der Waals surface area contributed by atoms with Crippen molar-refractivity contribution in [1.29, 1.82) is 0 Å². The molecular formula is C22H23N5O2S. The highest BCUT2D eigenvalue weighted by molar-refractivity contribution is 7.17. The Labute approximate surface area is 178 Å². The van der Waals surface area contributed by atoms with Crippen molar-refractivity contribution in [3.05, 3.63) is 59.2 Å². The normalized spacial score (nSPS) is 20.9. The van der Waals surface area contributed by atoms with Crippen LogP contribution in [0.3, 0.4) is 0 Å². The van der Waals surface area contributed by atoms with Crippen LogP contribution in [0.25, 0.3) is 10.1 Å². The monoisotopic (exact) mass is 421 g/mol. The third-order valence-corrected chi connectivity index (χ3v) is 6.94. The molecule has 0 fully saturated rings. The molecule has 7 nitrogen and oxygen atoms in total. The average molecular weight is 422 g/mol. The Morgan fingerprint density at radius 1 is 1.20 bits per heavy atom. The van der Waals surface area contributed by atoms with Crippen LogP contribution in [-0.4, -0.2) is 34.7 Å². The summed E-state index contributed by atoms with van der Waals surface area (Å²) in [7, 11) is 1.62. The van der Waals surface area contributed by atoms with Gasteiger partial charge in [0.1, 0.15) is 11.2 Å². The predicted molar refractivity (Wildman–Crippen MR) is 120 cm³/mol. The Morgan fingerprint density at radius 2 is 1.97 bits per heavy atom. The number of rotatable bonds is 3. The SMILES string of the molecule is CN1C(=O)C(C)(C)[C@@](C)(c2cccc(NC(=O)c3nccc4ccsc34)c2)N=C1N. The van der Waals surface area contributed by atoms with Gasteiger partial charge in [0.15, 0.2) is 5.96 Å². The van der Waals surface area contributed by atoms with Gasteiger partial charge in [-0.15, -0.1) is 11.3 Å². The summed E-state index contributed by atoms with van der Waals surface area (Å²) in [5.74, 6) is -0.225. The number of aromatic nitrogens is 1. The Hall–Kier alpha value is -3.26. The van der Waals surface area contributed by atoms with Crippen LogP contribution in [0.5, 0.6) is 0 Å². The maximum atomic E-state index is 12.9. The number of guanidine groups is 1. The van der Waals surface area contributed by atoms with Crippen molar-refractivity contribution < 1.29 is 9.59 Å². The second kappa shape index (κ2) is 6.91. The van der Waals surface area contributed by atoms with Crippen molar-refractivity contribution in [3.63, 3.8) is 0 Å². The van der Waals surface area contributed by atoms with Crippen LogP contribution in [0, 0.1) is 5.41 Å². The van der Waals surface area contributed by atoms with Gasteiger partial charge >= 0.3 is 0 Å². The van der Waals surface area contributed by atoms with Crippen molar-refractivity contribution in [2.45, 2.75) is 26.3 Å². The summed E-state index contributed by atoms with van der Waals surface area (Å²) in [5, 5.41) is 5.85. The molecule has 30 heavy (non-hydrogen) atoms. The van der Waals surface area contributed by atoms with Crippen LogP contribution >= 0.6 is 11.3 Å². The van der Waals surface area contributed by atoms with E-state index in [9.17, 15) is 9.59 Å². The second-order valence-electron chi connectivity index (χ2n) is 8.06. The molecule has 154 valence electrons. The Bertz CT molecular complexity index is 1200. The first-order chi connectivity index (χ1) is 14.1. The zero-order chi connectivity index (χ0) is 21.7. The fourth-order valence-corrected chi connectivity index (χ4v) is 4.63. The van der Waals surface area contributed by atoms with E-state index in [0.717, 1.165) is 15.6 Å². The number of anilines is 1. The molecule has 0 radical (unpaired) electrons. The molecule has 3 N–H and O–H groups in total. The van der Waals surface area contributed by atoms with E-state index in [-0.39, 0.29) is 17.8 Å². The number of thiophene rings is 1. The average Bonchev–Trinajstić information content (AvgIpc) is 3.20. The highest BCUT2D eigenvalue weighted by atomic mass is 32.1. The van der Waals surface area contributed by atoms with Gasteiger partial charge in [-0.25, -0.2) is 9.98 Å². The fourth-order valence-electron chi connectivity index (χ4n) is 3.75. The number of nitrogens with one attached hydrogen (secondary N) is 1. The van der Waals surface area contributed by atoms with E-state index in [1.165, 1.54) is 16.2 Å². The molecule has 1 aromatic carbocycles. The fraction of sp³-hybridized carbons (Fsp3) is 0.273. The molecule has 0 aliphatic carbocycles. The molecule has 0 saturated carbocycles. The van der Waals surface area contributed by atoms with Gasteiger partial charge in [-0.2, -0.15) is 0 Å². The first-order valence-corrected chi connectivity index (χ1v) is 10.4. The number of aliphatic imine (C=N–C) groups is 1. The van der Waals surface area contributed by atoms with Gasteiger partial charge in [-0.3, -0.25) is 14.5 Å². The minimum Gasteiger partial charge on any atom is -0.369 e. The molecular weight excluding hydrogens is 398 g/mol. The van der Waals surface area contributed by atoms with Gasteiger partial charge in [0, 0.05) is 18.9 Å². The molecule has 1 atom stereocenters. The van der Waals surface area contributed by atoms with Gasteiger partial charge in [0.05, 0.1) is 10.1 Å². The highest BCUT2D eigenvalue weighted by Crippen LogP contribution is 2.46. The molecule has 1 aliphatic heterocycles. The number of nitrogens with two attached hydrogens (primary N) is 1. The molecule has 1 aliphatic rings. The number of fused-ring (bicyclic) bond motifs is 1. The summed E-state index contributed by atoms with van der Waals surface area (Å²) in [6.45, 7) is 5.60. The number of pyridine rings is 1. The summed E-state index contributed by atoms with van der Waals surface area (Å²) < 4.78 is 0.845. The molecule has 2 amide bonds. The number of hydrogen-bond acceptors (Lipinski definition) is 6. The molecule has 2 aromatic heterocycles. The number of carbonyl (C=O) groups excluding carboxylic acids is 2. The highest BCUT2D eigenvalue weighted by Gasteiger charge is 2.52. The van der Waals surface area contributed by atoms with Crippen molar-refractivity contribution in [2.24, 2.45) is 16.1 Å². The second-order valence-corrected chi connectivity index (χ2v) is 8.98. The summed E-state index contributed by atoms with van der Waals surface area (Å²) in [6.07, 6.45) is 1.63. The summed E-state index contributed by atoms with van der Waals surface area (Å²) in [6, 6.07) is 11.2. The smallest absolute Gasteiger partial charge is 0.275 e. The van der Waals surface area contributed by atoms with E-state index in [0.29, 0.717) is 11.4 Å². The molecule has 3 heterocycles. The Morgan fingerprint density at radius 3 is 2.73 bits per heavy atom. The minimum atomic E-state index is -0.882. The van der Waals surface area contributed by atoms with E-state index in [2.05, 4.69) is 15.3 Å². The number of carbonyl (C=O) groups is 2. The maximum absolute atomic E-state index is 12.9. The summed E-state index contributed by atoms with van der Waals surface area (Å²) in [5.41, 5.74) is 6.09. The topological polar surface area (TPSA) is 101 Å². The predicted octanol–water partition coefficient (Wildman–Crippen LogP) is 3.58. The van der Waals surface area contributed by atoms with Gasteiger partial charge in [0.2, 0.25) is 5.91 Å². The lowest BCUT2D eigenvalue weighted by Crippen LogP contribution is -2.58. The number of amides is 2. The third kappa shape index (κ3) is 2.95. The summed E-state index contributed by atoms with van der Waals surface area (Å²) in [4.78, 5) is 36.1. The van der Waals surface area contributed by atoms with Crippen molar-refractivity contribution in [1.82, 2.24) is 9.88 Å². The number of hydrogen-bond donors (Lipinski definition) is 2. The van der Waals surface area contributed by atoms with E-state index >= 15 is 0 Å².